The van der Waals surface area contributed by atoms with E-state index in [1.54, 1.807) is 28.7 Å². The average molecular weight is 422 g/mol. The highest BCUT2D eigenvalue weighted by Crippen LogP contribution is 2.30. The third kappa shape index (κ3) is 5.27. The lowest BCUT2D eigenvalue weighted by molar-refractivity contribution is 0.0772. The van der Waals surface area contributed by atoms with Crippen LogP contribution in [0.15, 0.2) is 24.5 Å². The van der Waals surface area contributed by atoms with E-state index in [4.69, 9.17) is 4.74 Å². The summed E-state index contributed by atoms with van der Waals surface area (Å²) >= 11 is 0. The highest BCUT2D eigenvalue weighted by molar-refractivity contribution is 6.76. The topological polar surface area (TPSA) is 78.0 Å². The number of rotatable bonds is 8. The summed E-state index contributed by atoms with van der Waals surface area (Å²) in [5.41, 5.74) is 1.70. The summed E-state index contributed by atoms with van der Waals surface area (Å²) in [5, 5.41) is 21.8. The molecule has 0 aliphatic heterocycles. The second kappa shape index (κ2) is 8.42. The van der Waals surface area contributed by atoms with Crippen LogP contribution in [-0.4, -0.2) is 44.6 Å². The number of aromatic nitrogens is 5. The minimum absolute atomic E-state index is 0.0449. The van der Waals surface area contributed by atoms with E-state index in [0.29, 0.717) is 36.8 Å². The summed E-state index contributed by atoms with van der Waals surface area (Å²) in [6, 6.07) is 3.53. The number of hydrogen-bond acceptors (Lipinski definition) is 5. The first-order chi connectivity index (χ1) is 13.6. The molecular formula is C19H25F2N5O2Si. The van der Waals surface area contributed by atoms with Crippen LogP contribution >= 0.6 is 0 Å². The number of hydrogen-bond donors (Lipinski definition) is 1. The van der Waals surface area contributed by atoms with Crippen molar-refractivity contribution in [2.24, 2.45) is 0 Å². The number of benzene rings is 1. The first kappa shape index (κ1) is 21.1. The van der Waals surface area contributed by atoms with Crippen LogP contribution < -0.4 is 0 Å². The molecule has 0 saturated carbocycles. The van der Waals surface area contributed by atoms with Crippen molar-refractivity contribution in [2.45, 2.75) is 45.9 Å². The Kier molecular flexibility index (Phi) is 6.13. The molecular weight excluding hydrogens is 396 g/mol. The van der Waals surface area contributed by atoms with E-state index in [1.807, 2.05) is 0 Å². The Morgan fingerprint density at radius 3 is 2.55 bits per heavy atom. The van der Waals surface area contributed by atoms with E-state index < -0.39 is 25.5 Å². The van der Waals surface area contributed by atoms with Gasteiger partial charge in [0.1, 0.15) is 12.4 Å². The van der Waals surface area contributed by atoms with Gasteiger partial charge in [0.15, 0.2) is 11.6 Å². The molecule has 1 N–H and O–H groups in total. The monoisotopic (exact) mass is 421 g/mol. The molecule has 0 saturated heterocycles. The molecule has 10 heteroatoms. The van der Waals surface area contributed by atoms with Crippen molar-refractivity contribution >= 4 is 8.07 Å². The van der Waals surface area contributed by atoms with Gasteiger partial charge in [0.05, 0.1) is 18.4 Å². The van der Waals surface area contributed by atoms with Gasteiger partial charge in [-0.05, 0) is 25.1 Å². The molecule has 1 aromatic carbocycles. The van der Waals surface area contributed by atoms with Crippen LogP contribution in [0.4, 0.5) is 8.78 Å². The van der Waals surface area contributed by atoms with E-state index >= 15 is 0 Å². The molecule has 29 heavy (non-hydrogen) atoms. The molecule has 0 aliphatic carbocycles. The van der Waals surface area contributed by atoms with Gasteiger partial charge in [0, 0.05) is 32.0 Å². The summed E-state index contributed by atoms with van der Waals surface area (Å²) in [4.78, 5) is 0. The number of phenols is 1. The lowest BCUT2D eigenvalue weighted by atomic mass is 10.1. The van der Waals surface area contributed by atoms with Gasteiger partial charge in [-0.3, -0.25) is 4.68 Å². The number of phenolic OH excluding ortho intramolecular Hbond substituents is 1. The van der Waals surface area contributed by atoms with Crippen molar-refractivity contribution in [2.75, 3.05) is 6.61 Å². The van der Waals surface area contributed by atoms with Gasteiger partial charge >= 0.3 is 0 Å². The molecule has 0 radical (unpaired) electrons. The number of nitrogens with zero attached hydrogens (tertiary/aromatic N) is 5. The quantitative estimate of drug-likeness (QED) is 0.442. The standard InChI is InChI=1S/C19H25F2N5O2Si/c1-13-16(15-5-6-17(27)19(21)18(15)20)11-25(23-13)9-14-10-26(24-22-14)12-28-7-8-29(2,3)4/h5-6,10-11,27H,7-9,12H2,1-4H3. The maximum atomic E-state index is 14.2. The fourth-order valence-corrected chi connectivity index (χ4v) is 3.54. The average Bonchev–Trinajstić information content (AvgIpc) is 3.23. The van der Waals surface area contributed by atoms with Crippen LogP contribution in [0, 0.1) is 18.6 Å². The normalized spacial score (nSPS) is 11.9. The summed E-state index contributed by atoms with van der Waals surface area (Å²) in [7, 11) is -1.13. The largest absolute Gasteiger partial charge is 0.505 e. The first-order valence-electron chi connectivity index (χ1n) is 9.32. The smallest absolute Gasteiger partial charge is 0.200 e. The first-order valence-corrected chi connectivity index (χ1v) is 13.0. The lowest BCUT2D eigenvalue weighted by Gasteiger charge is -2.15. The van der Waals surface area contributed by atoms with Crippen molar-refractivity contribution in [3.63, 3.8) is 0 Å². The Bertz CT molecular complexity index is 997. The molecule has 2 aromatic heterocycles. The third-order valence-corrected chi connectivity index (χ3v) is 6.13. The van der Waals surface area contributed by atoms with Crippen LogP contribution in [0.5, 0.6) is 5.75 Å². The van der Waals surface area contributed by atoms with Crippen molar-refractivity contribution in [3.05, 3.63) is 47.5 Å². The SMILES string of the molecule is Cc1nn(Cc2cn(COCC[Si](C)(C)C)nn2)cc1-c1ccc(O)c(F)c1F. The van der Waals surface area contributed by atoms with Crippen molar-refractivity contribution in [1.29, 1.82) is 0 Å². The van der Waals surface area contributed by atoms with Gasteiger partial charge in [-0.15, -0.1) is 5.10 Å². The van der Waals surface area contributed by atoms with Crippen LogP contribution in [0.2, 0.25) is 25.7 Å². The van der Waals surface area contributed by atoms with Crippen molar-refractivity contribution in [3.8, 4) is 16.9 Å². The van der Waals surface area contributed by atoms with Gasteiger partial charge < -0.3 is 9.84 Å². The van der Waals surface area contributed by atoms with Gasteiger partial charge in [0.2, 0.25) is 5.82 Å². The number of ether oxygens (including phenoxy) is 1. The second-order valence-electron chi connectivity index (χ2n) is 8.18. The zero-order chi connectivity index (χ0) is 21.2. The summed E-state index contributed by atoms with van der Waals surface area (Å²) in [5.74, 6) is -3.10. The highest BCUT2D eigenvalue weighted by Gasteiger charge is 2.18. The molecule has 0 unspecified atom stereocenters. The van der Waals surface area contributed by atoms with Crippen LogP contribution in [0.25, 0.3) is 11.1 Å². The second-order valence-corrected chi connectivity index (χ2v) is 13.8. The van der Waals surface area contributed by atoms with E-state index in [-0.39, 0.29) is 5.56 Å². The Morgan fingerprint density at radius 2 is 1.83 bits per heavy atom. The Hall–Kier alpha value is -2.59. The van der Waals surface area contributed by atoms with E-state index in [0.717, 1.165) is 12.1 Å². The number of aromatic hydroxyl groups is 1. The van der Waals surface area contributed by atoms with Crippen molar-refractivity contribution < 1.29 is 18.6 Å². The zero-order valence-electron chi connectivity index (χ0n) is 17.0. The van der Waals surface area contributed by atoms with E-state index in [9.17, 15) is 13.9 Å². The molecule has 0 aliphatic rings. The van der Waals surface area contributed by atoms with Crippen LogP contribution in [-0.2, 0) is 18.0 Å². The van der Waals surface area contributed by atoms with Crippen LogP contribution in [0.3, 0.4) is 0 Å². The minimum atomic E-state index is -1.27. The Morgan fingerprint density at radius 1 is 1.07 bits per heavy atom. The van der Waals surface area contributed by atoms with Crippen molar-refractivity contribution in [1.82, 2.24) is 24.8 Å². The summed E-state index contributed by atoms with van der Waals surface area (Å²) in [6.45, 7) is 9.95. The molecule has 3 aromatic rings. The number of aryl methyl sites for hydroxylation is 1. The minimum Gasteiger partial charge on any atom is -0.505 e. The molecule has 156 valence electrons. The zero-order valence-corrected chi connectivity index (χ0v) is 18.0. The highest BCUT2D eigenvalue weighted by atomic mass is 28.3. The summed E-state index contributed by atoms with van der Waals surface area (Å²) in [6.07, 6.45) is 3.39. The summed E-state index contributed by atoms with van der Waals surface area (Å²) < 4.78 is 36.7. The van der Waals surface area contributed by atoms with E-state index in [1.165, 1.54) is 6.07 Å². The Labute approximate surface area is 168 Å². The molecule has 0 fully saturated rings. The lowest BCUT2D eigenvalue weighted by Crippen LogP contribution is -2.22. The molecule has 0 spiro atoms. The van der Waals surface area contributed by atoms with Gasteiger partial charge in [-0.25, -0.2) is 9.07 Å². The predicted molar refractivity (Wildman–Crippen MR) is 107 cm³/mol. The predicted octanol–water partition coefficient (Wildman–Crippen LogP) is 3.79. The molecule has 0 atom stereocenters. The third-order valence-electron chi connectivity index (χ3n) is 4.43. The maximum absolute atomic E-state index is 14.2. The van der Waals surface area contributed by atoms with E-state index in [2.05, 4.69) is 35.1 Å². The molecule has 7 nitrogen and oxygen atoms in total. The molecule has 0 amide bonds. The fourth-order valence-electron chi connectivity index (χ4n) is 2.79. The van der Waals surface area contributed by atoms with Crippen LogP contribution in [0.1, 0.15) is 11.4 Å². The molecule has 2 heterocycles. The fraction of sp³-hybridized carbons (Fsp3) is 0.421. The van der Waals surface area contributed by atoms with Gasteiger partial charge in [-0.2, -0.15) is 9.49 Å². The number of halogens is 2. The van der Waals surface area contributed by atoms with Gasteiger partial charge in [0.25, 0.3) is 0 Å². The maximum Gasteiger partial charge on any atom is 0.200 e. The molecule has 3 rings (SSSR count). The molecule has 0 bridgehead atoms. The van der Waals surface area contributed by atoms with Gasteiger partial charge in [-0.1, -0.05) is 24.9 Å². The Balaban J connectivity index is 1.66.